The molecule has 0 unspecified atom stereocenters. The smallest absolute Gasteiger partial charge is 0.354 e. The number of carboxylic acid groups (broad SMARTS) is 1. The fraction of sp³-hybridized carbons (Fsp3) is 0.0667. The minimum Gasteiger partial charge on any atom is -0.477 e. The monoisotopic (exact) mass is 330 g/mol. The molecule has 0 amide bonds. The Hall–Kier alpha value is -2.14. The minimum absolute atomic E-state index is 0.188. The van der Waals surface area contributed by atoms with E-state index in [0.29, 0.717) is 6.42 Å². The zero-order valence-corrected chi connectivity index (χ0v) is 12.0. The molecular formula is C15H11BrN2O2. The van der Waals surface area contributed by atoms with Crippen LogP contribution in [0.25, 0.3) is 5.52 Å². The van der Waals surface area contributed by atoms with Crippen LogP contribution in [0.3, 0.4) is 0 Å². The van der Waals surface area contributed by atoms with Crippen LogP contribution < -0.4 is 0 Å². The lowest BCUT2D eigenvalue weighted by Gasteiger charge is -2.01. The van der Waals surface area contributed by atoms with E-state index in [0.717, 1.165) is 21.1 Å². The van der Waals surface area contributed by atoms with Gasteiger partial charge in [0.25, 0.3) is 0 Å². The topological polar surface area (TPSA) is 54.6 Å². The van der Waals surface area contributed by atoms with Gasteiger partial charge in [-0.15, -0.1) is 0 Å². The highest BCUT2D eigenvalue weighted by Gasteiger charge is 2.15. The molecule has 0 aliphatic heterocycles. The highest BCUT2D eigenvalue weighted by atomic mass is 79.9. The number of hydrogen-bond donors (Lipinski definition) is 1. The molecule has 0 spiro atoms. The molecule has 1 aromatic carbocycles. The molecule has 0 saturated heterocycles. The van der Waals surface area contributed by atoms with Crippen molar-refractivity contribution in [1.29, 1.82) is 0 Å². The lowest BCUT2D eigenvalue weighted by molar-refractivity contribution is 0.0688. The van der Waals surface area contributed by atoms with Crippen LogP contribution in [0.2, 0.25) is 0 Å². The van der Waals surface area contributed by atoms with Crippen LogP contribution in [0.15, 0.2) is 53.1 Å². The summed E-state index contributed by atoms with van der Waals surface area (Å²) in [6, 6.07) is 13.4. The number of halogens is 1. The maximum absolute atomic E-state index is 11.3. The maximum Gasteiger partial charge on any atom is 0.354 e. The first-order chi connectivity index (χ1) is 9.65. The molecule has 0 saturated carbocycles. The quantitative estimate of drug-likeness (QED) is 0.800. The fourth-order valence-corrected chi connectivity index (χ4v) is 2.49. The Morgan fingerprint density at radius 2 is 2.00 bits per heavy atom. The Morgan fingerprint density at radius 1 is 1.25 bits per heavy atom. The number of carbonyl (C=O) groups is 1. The van der Waals surface area contributed by atoms with E-state index in [-0.39, 0.29) is 5.69 Å². The third-order valence-corrected chi connectivity index (χ3v) is 3.67. The van der Waals surface area contributed by atoms with Crippen LogP contribution in [-0.4, -0.2) is 20.7 Å². The van der Waals surface area contributed by atoms with E-state index in [1.54, 1.807) is 12.3 Å². The predicted octanol–water partition coefficient (Wildman–Crippen LogP) is 3.39. The molecular weight excluding hydrogens is 320 g/mol. The second-order valence-corrected chi connectivity index (χ2v) is 5.40. The van der Waals surface area contributed by atoms with Crippen LogP contribution >= 0.6 is 15.9 Å². The highest BCUT2D eigenvalue weighted by Crippen LogP contribution is 2.20. The van der Waals surface area contributed by atoms with E-state index >= 15 is 0 Å². The summed E-state index contributed by atoms with van der Waals surface area (Å²) in [7, 11) is 0. The summed E-state index contributed by atoms with van der Waals surface area (Å²) >= 11 is 3.40. The summed E-state index contributed by atoms with van der Waals surface area (Å²) in [6.07, 6.45) is 2.26. The van der Waals surface area contributed by atoms with Crippen molar-refractivity contribution in [3.05, 3.63) is 70.0 Å². The SMILES string of the molecule is O=C(O)c1cc(Cc2ccc(Br)cc2)c2cccnn12. The molecule has 1 N–H and O–H groups in total. The van der Waals surface area contributed by atoms with Crippen molar-refractivity contribution in [1.82, 2.24) is 9.61 Å². The van der Waals surface area contributed by atoms with Crippen LogP contribution in [-0.2, 0) is 6.42 Å². The molecule has 20 heavy (non-hydrogen) atoms. The predicted molar refractivity (Wildman–Crippen MR) is 79.1 cm³/mol. The van der Waals surface area contributed by atoms with Gasteiger partial charge < -0.3 is 5.11 Å². The second kappa shape index (κ2) is 5.09. The van der Waals surface area contributed by atoms with Gasteiger partial charge in [0.05, 0.1) is 5.52 Å². The van der Waals surface area contributed by atoms with Gasteiger partial charge in [-0.2, -0.15) is 5.10 Å². The molecule has 0 atom stereocenters. The zero-order valence-electron chi connectivity index (χ0n) is 10.5. The van der Waals surface area contributed by atoms with E-state index in [1.165, 1.54) is 4.52 Å². The summed E-state index contributed by atoms with van der Waals surface area (Å²) in [4.78, 5) is 11.3. The molecule has 0 fully saturated rings. The first kappa shape index (κ1) is 12.9. The first-order valence-electron chi connectivity index (χ1n) is 6.08. The summed E-state index contributed by atoms with van der Waals surface area (Å²) in [5, 5.41) is 13.3. The highest BCUT2D eigenvalue weighted by molar-refractivity contribution is 9.10. The lowest BCUT2D eigenvalue weighted by Crippen LogP contribution is -2.03. The summed E-state index contributed by atoms with van der Waals surface area (Å²) in [5.41, 5.74) is 3.10. The average molecular weight is 331 g/mol. The van der Waals surface area contributed by atoms with Crippen molar-refractivity contribution in [2.24, 2.45) is 0 Å². The third-order valence-electron chi connectivity index (χ3n) is 3.15. The molecule has 4 nitrogen and oxygen atoms in total. The number of hydrogen-bond acceptors (Lipinski definition) is 2. The van der Waals surface area contributed by atoms with Crippen LogP contribution in [0.4, 0.5) is 0 Å². The maximum atomic E-state index is 11.3. The van der Waals surface area contributed by atoms with E-state index in [2.05, 4.69) is 21.0 Å². The van der Waals surface area contributed by atoms with Gasteiger partial charge in [0.15, 0.2) is 5.69 Å². The average Bonchev–Trinajstić information content (AvgIpc) is 2.81. The van der Waals surface area contributed by atoms with Crippen molar-refractivity contribution in [3.63, 3.8) is 0 Å². The molecule has 0 aliphatic carbocycles. The van der Waals surface area contributed by atoms with Crippen molar-refractivity contribution in [3.8, 4) is 0 Å². The number of aromatic carboxylic acids is 1. The molecule has 0 radical (unpaired) electrons. The van der Waals surface area contributed by atoms with Gasteiger partial charge in [-0.3, -0.25) is 0 Å². The van der Waals surface area contributed by atoms with Crippen LogP contribution in [0, 0.1) is 0 Å². The second-order valence-electron chi connectivity index (χ2n) is 4.48. The number of rotatable bonds is 3. The van der Waals surface area contributed by atoms with Gasteiger partial charge in [0.1, 0.15) is 0 Å². The van der Waals surface area contributed by atoms with Gasteiger partial charge >= 0.3 is 5.97 Å². The molecule has 0 bridgehead atoms. The van der Waals surface area contributed by atoms with Gasteiger partial charge in [0.2, 0.25) is 0 Å². The van der Waals surface area contributed by atoms with Gasteiger partial charge in [-0.1, -0.05) is 28.1 Å². The molecule has 0 aliphatic rings. The van der Waals surface area contributed by atoms with E-state index in [1.807, 2.05) is 36.4 Å². The Balaban J connectivity index is 2.07. The summed E-state index contributed by atoms with van der Waals surface area (Å²) in [6.45, 7) is 0. The summed E-state index contributed by atoms with van der Waals surface area (Å²) in [5.74, 6) is -0.972. The number of nitrogens with zero attached hydrogens (tertiary/aromatic N) is 2. The lowest BCUT2D eigenvalue weighted by atomic mass is 10.1. The van der Waals surface area contributed by atoms with Crippen molar-refractivity contribution in [2.45, 2.75) is 6.42 Å². The molecule has 3 rings (SSSR count). The minimum atomic E-state index is -0.972. The van der Waals surface area contributed by atoms with Gasteiger partial charge in [-0.05, 0) is 47.9 Å². The third kappa shape index (κ3) is 2.32. The Kier molecular flexibility index (Phi) is 3.28. The fourth-order valence-electron chi connectivity index (χ4n) is 2.22. The van der Waals surface area contributed by atoms with Crippen LogP contribution in [0.5, 0.6) is 0 Å². The Bertz CT molecular complexity index is 778. The first-order valence-corrected chi connectivity index (χ1v) is 6.88. The molecule has 3 aromatic rings. The largest absolute Gasteiger partial charge is 0.477 e. The van der Waals surface area contributed by atoms with Crippen molar-refractivity contribution >= 4 is 27.4 Å². The van der Waals surface area contributed by atoms with Gasteiger partial charge in [0, 0.05) is 10.7 Å². The number of aromatic nitrogens is 2. The zero-order chi connectivity index (χ0) is 14.1. The van der Waals surface area contributed by atoms with Crippen molar-refractivity contribution in [2.75, 3.05) is 0 Å². The normalized spacial score (nSPS) is 10.8. The number of benzene rings is 1. The van der Waals surface area contributed by atoms with E-state index < -0.39 is 5.97 Å². The van der Waals surface area contributed by atoms with Gasteiger partial charge in [-0.25, -0.2) is 9.31 Å². The van der Waals surface area contributed by atoms with Crippen LogP contribution in [0.1, 0.15) is 21.6 Å². The standard InChI is InChI=1S/C15H11BrN2O2/c16-12-5-3-10(4-6-12)8-11-9-14(15(19)20)18-13(11)2-1-7-17-18/h1-7,9H,8H2,(H,19,20). The molecule has 100 valence electrons. The van der Waals surface area contributed by atoms with Crippen molar-refractivity contribution < 1.29 is 9.90 Å². The Morgan fingerprint density at radius 3 is 2.70 bits per heavy atom. The summed E-state index contributed by atoms with van der Waals surface area (Å²) < 4.78 is 2.49. The van der Waals surface area contributed by atoms with E-state index in [4.69, 9.17) is 0 Å². The molecule has 2 aromatic heterocycles. The molecule has 2 heterocycles. The van der Waals surface area contributed by atoms with E-state index in [9.17, 15) is 9.90 Å². The molecule has 5 heteroatoms. The Labute approximate surface area is 123 Å². The number of carboxylic acids is 1. The number of fused-ring (bicyclic) bond motifs is 1.